The number of pyridine rings is 1. The molecule has 26 heavy (non-hydrogen) atoms. The minimum atomic E-state index is -3.44. The summed E-state index contributed by atoms with van der Waals surface area (Å²) in [6.45, 7) is 5.09. The summed E-state index contributed by atoms with van der Waals surface area (Å²) in [5, 5.41) is 11.0. The molecule has 0 bridgehead atoms. The van der Waals surface area contributed by atoms with Crippen LogP contribution in [0.1, 0.15) is 31.0 Å². The second-order valence-electron chi connectivity index (χ2n) is 7.70. The van der Waals surface area contributed by atoms with Crippen molar-refractivity contribution in [1.82, 2.24) is 18.5 Å². The Kier molecular flexibility index (Phi) is 5.69. The maximum absolute atomic E-state index is 12.4. The molecule has 7 nitrogen and oxygen atoms in total. The fraction of sp³-hybridized carbons (Fsp3) is 0.722. The smallest absolute Gasteiger partial charge is 0.281 e. The molecule has 0 radical (unpaired) electrons. The van der Waals surface area contributed by atoms with Crippen molar-refractivity contribution in [2.24, 2.45) is 5.92 Å². The van der Waals surface area contributed by atoms with Crippen LogP contribution in [0.5, 0.6) is 0 Å². The first-order valence-electron chi connectivity index (χ1n) is 9.31. The highest BCUT2D eigenvalue weighted by Crippen LogP contribution is 2.36. The van der Waals surface area contributed by atoms with Gasteiger partial charge in [-0.25, -0.2) is 0 Å². The van der Waals surface area contributed by atoms with E-state index >= 15 is 0 Å². The largest absolute Gasteiger partial charge is 0.389 e. The third-order valence-corrected chi connectivity index (χ3v) is 7.69. The van der Waals surface area contributed by atoms with Crippen LogP contribution in [0.15, 0.2) is 18.3 Å². The van der Waals surface area contributed by atoms with Crippen LogP contribution in [0.3, 0.4) is 0 Å². The normalized spacial score (nSPS) is 28.3. The van der Waals surface area contributed by atoms with Crippen molar-refractivity contribution in [1.29, 1.82) is 0 Å². The molecule has 8 heteroatoms. The Morgan fingerprint density at radius 3 is 2.62 bits per heavy atom. The molecule has 1 aromatic heterocycles. The van der Waals surface area contributed by atoms with Gasteiger partial charge in [-0.15, -0.1) is 0 Å². The number of aryl methyl sites for hydroxylation is 1. The molecule has 2 saturated heterocycles. The Balaban J connectivity index is 1.67. The summed E-state index contributed by atoms with van der Waals surface area (Å²) < 4.78 is 27.6. The second-order valence-corrected chi connectivity index (χ2v) is 9.84. The molecule has 1 N–H and O–H groups in total. The zero-order chi connectivity index (χ0) is 18.9. The molecule has 3 heterocycles. The van der Waals surface area contributed by atoms with Crippen LogP contribution in [0.4, 0.5) is 0 Å². The van der Waals surface area contributed by atoms with Gasteiger partial charge >= 0.3 is 0 Å². The molecule has 3 rings (SSSR count). The first kappa shape index (κ1) is 19.7. The van der Waals surface area contributed by atoms with Crippen LogP contribution in [0, 0.1) is 5.92 Å². The number of piperidine rings is 2. The average molecular weight is 383 g/mol. The van der Waals surface area contributed by atoms with Gasteiger partial charge in [0.2, 0.25) is 0 Å². The van der Waals surface area contributed by atoms with Crippen molar-refractivity contribution in [3.8, 4) is 0 Å². The third-order valence-electron chi connectivity index (χ3n) is 5.79. The van der Waals surface area contributed by atoms with Gasteiger partial charge in [0.25, 0.3) is 10.2 Å². The molecular weight excluding hydrogens is 352 g/mol. The average Bonchev–Trinajstić information content (AvgIpc) is 2.62. The lowest BCUT2D eigenvalue weighted by Gasteiger charge is -2.50. The van der Waals surface area contributed by atoms with Gasteiger partial charge in [-0.05, 0) is 30.9 Å². The fourth-order valence-corrected chi connectivity index (χ4v) is 5.06. The minimum Gasteiger partial charge on any atom is -0.389 e. The Bertz CT molecular complexity index is 722. The van der Waals surface area contributed by atoms with Crippen molar-refractivity contribution in [2.75, 3.05) is 40.3 Å². The Labute approximate surface area is 156 Å². The van der Waals surface area contributed by atoms with E-state index in [4.69, 9.17) is 0 Å². The first-order chi connectivity index (χ1) is 12.2. The third kappa shape index (κ3) is 3.94. The van der Waals surface area contributed by atoms with Crippen LogP contribution in [0.25, 0.3) is 0 Å². The summed E-state index contributed by atoms with van der Waals surface area (Å²) in [6.07, 6.45) is 4.08. The quantitative estimate of drug-likeness (QED) is 0.812. The fourth-order valence-electron chi connectivity index (χ4n) is 3.91. The van der Waals surface area contributed by atoms with Crippen LogP contribution < -0.4 is 0 Å². The molecule has 0 amide bonds. The van der Waals surface area contributed by atoms with E-state index in [0.29, 0.717) is 32.5 Å². The molecular formula is C18H30N4O3S. The standard InChI is InChI=1S/C18H30N4O3S/c1-4-15-5-6-17(19-11-15)14-21-9-7-18(23)8-10-22(13-16(18)12-21)26(24,25)20(2)3/h5-6,11,16,23H,4,7-10,12-14H2,1-3H3/t16-,18-/m1/s1. The number of aliphatic hydroxyl groups is 1. The van der Waals surface area contributed by atoms with Crippen LogP contribution >= 0.6 is 0 Å². The van der Waals surface area contributed by atoms with Crippen molar-refractivity contribution in [2.45, 2.75) is 38.3 Å². The Morgan fingerprint density at radius 1 is 1.27 bits per heavy atom. The maximum Gasteiger partial charge on any atom is 0.281 e. The summed E-state index contributed by atoms with van der Waals surface area (Å²) in [4.78, 5) is 6.80. The summed E-state index contributed by atoms with van der Waals surface area (Å²) in [5.41, 5.74) is 1.48. The number of rotatable bonds is 5. The highest BCUT2D eigenvalue weighted by molar-refractivity contribution is 7.86. The SMILES string of the molecule is CCc1ccc(CN2CC[C@@]3(O)CCN(S(=O)(=O)N(C)C)C[C@H]3C2)nc1. The van der Waals surface area contributed by atoms with Gasteiger partial charge in [0.15, 0.2) is 0 Å². The lowest BCUT2D eigenvalue weighted by molar-refractivity contribution is -0.103. The lowest BCUT2D eigenvalue weighted by atomic mass is 9.76. The van der Waals surface area contributed by atoms with Crippen molar-refractivity contribution < 1.29 is 13.5 Å². The number of nitrogens with zero attached hydrogens (tertiary/aromatic N) is 4. The van der Waals surface area contributed by atoms with Gasteiger partial charge in [-0.1, -0.05) is 13.0 Å². The zero-order valence-corrected chi connectivity index (χ0v) is 16.7. The van der Waals surface area contributed by atoms with E-state index in [1.54, 1.807) is 14.1 Å². The number of aromatic nitrogens is 1. The van der Waals surface area contributed by atoms with E-state index in [1.807, 2.05) is 6.20 Å². The summed E-state index contributed by atoms with van der Waals surface area (Å²) in [7, 11) is -0.336. The van der Waals surface area contributed by atoms with Gasteiger partial charge < -0.3 is 5.11 Å². The summed E-state index contributed by atoms with van der Waals surface area (Å²) >= 11 is 0. The maximum atomic E-state index is 12.4. The molecule has 146 valence electrons. The molecule has 2 aliphatic heterocycles. The summed E-state index contributed by atoms with van der Waals surface area (Å²) in [6, 6.07) is 4.16. The van der Waals surface area contributed by atoms with Crippen LogP contribution in [-0.2, 0) is 23.2 Å². The van der Waals surface area contributed by atoms with Crippen LogP contribution in [-0.4, -0.2) is 77.9 Å². The van der Waals surface area contributed by atoms with Crippen molar-refractivity contribution in [3.05, 3.63) is 29.6 Å². The minimum absolute atomic E-state index is 0.0744. The number of likely N-dealkylation sites (tertiary alicyclic amines) is 1. The van der Waals surface area contributed by atoms with Gasteiger partial charge in [0.1, 0.15) is 0 Å². The zero-order valence-electron chi connectivity index (χ0n) is 15.9. The van der Waals surface area contributed by atoms with Gasteiger partial charge in [-0.2, -0.15) is 17.0 Å². The van der Waals surface area contributed by atoms with E-state index in [9.17, 15) is 13.5 Å². The van der Waals surface area contributed by atoms with E-state index in [1.165, 1.54) is 14.2 Å². The molecule has 0 saturated carbocycles. The van der Waals surface area contributed by atoms with Crippen molar-refractivity contribution >= 4 is 10.2 Å². The predicted molar refractivity (Wildman–Crippen MR) is 101 cm³/mol. The number of hydrogen-bond donors (Lipinski definition) is 1. The van der Waals surface area contributed by atoms with E-state index < -0.39 is 15.8 Å². The van der Waals surface area contributed by atoms with Gasteiger partial charge in [0.05, 0.1) is 11.3 Å². The highest BCUT2D eigenvalue weighted by Gasteiger charge is 2.47. The lowest BCUT2D eigenvalue weighted by Crippen LogP contribution is -2.61. The second kappa shape index (κ2) is 7.52. The van der Waals surface area contributed by atoms with Crippen LogP contribution in [0.2, 0.25) is 0 Å². The molecule has 1 aromatic rings. The number of fused-ring (bicyclic) bond motifs is 1. The molecule has 0 spiro atoms. The van der Waals surface area contributed by atoms with Gasteiger partial charge in [-0.3, -0.25) is 9.88 Å². The monoisotopic (exact) mass is 382 g/mol. The first-order valence-corrected chi connectivity index (χ1v) is 10.7. The molecule has 2 fully saturated rings. The van der Waals surface area contributed by atoms with E-state index in [0.717, 1.165) is 25.2 Å². The van der Waals surface area contributed by atoms with Crippen molar-refractivity contribution in [3.63, 3.8) is 0 Å². The highest BCUT2D eigenvalue weighted by atomic mass is 32.2. The van der Waals surface area contributed by atoms with E-state index in [-0.39, 0.29) is 5.92 Å². The van der Waals surface area contributed by atoms with Gasteiger partial charge in [0, 0.05) is 58.9 Å². The topological polar surface area (TPSA) is 77.0 Å². The number of hydrogen-bond acceptors (Lipinski definition) is 5. The molecule has 2 atom stereocenters. The summed E-state index contributed by atoms with van der Waals surface area (Å²) in [5.74, 6) is -0.0744. The molecule has 0 aliphatic carbocycles. The molecule has 0 unspecified atom stereocenters. The predicted octanol–water partition coefficient (Wildman–Crippen LogP) is 0.709. The molecule has 2 aliphatic rings. The Hall–Kier alpha value is -1.06. The Morgan fingerprint density at radius 2 is 2.00 bits per heavy atom. The molecule has 0 aromatic carbocycles. The van der Waals surface area contributed by atoms with E-state index in [2.05, 4.69) is 28.9 Å².